The maximum absolute atomic E-state index is 11.9. The highest BCUT2D eigenvalue weighted by atomic mass is 16.5. The van der Waals surface area contributed by atoms with Crippen molar-refractivity contribution in [1.82, 2.24) is 15.3 Å². The summed E-state index contributed by atoms with van der Waals surface area (Å²) in [5.74, 6) is 3.04. The lowest BCUT2D eigenvalue weighted by molar-refractivity contribution is -0.324. The lowest BCUT2D eigenvalue weighted by Crippen LogP contribution is -2.70. The van der Waals surface area contributed by atoms with Gasteiger partial charge in [0.25, 0.3) is 0 Å². The number of imidazole rings is 1. The minimum atomic E-state index is -1.66. The molecule has 0 radical (unpaired) electrons. The van der Waals surface area contributed by atoms with Crippen molar-refractivity contribution in [1.29, 1.82) is 0 Å². The SMILES string of the molecule is CC(C)CCC[C@@H](C)[C@H]1CC[C@H]2[C@@H]3CC[C@H]4CCC(NCCc5cnc[nH]5)C(O)(O)[C@]4(C)[C@H]3CC[C@]12C. The number of hydrogen-bond acceptors (Lipinski definition) is 4. The van der Waals surface area contributed by atoms with Gasteiger partial charge in [0.2, 0.25) is 0 Å². The van der Waals surface area contributed by atoms with Crippen LogP contribution in [0.1, 0.15) is 111 Å². The quantitative estimate of drug-likeness (QED) is 0.291. The minimum Gasteiger partial charge on any atom is -0.364 e. The highest BCUT2D eigenvalue weighted by Gasteiger charge is 2.67. The lowest BCUT2D eigenvalue weighted by Gasteiger charge is -2.65. The summed E-state index contributed by atoms with van der Waals surface area (Å²) >= 11 is 0. The predicted molar refractivity (Wildman–Crippen MR) is 150 cm³/mol. The van der Waals surface area contributed by atoms with Gasteiger partial charge in [-0.1, -0.05) is 53.9 Å². The molecule has 1 unspecified atom stereocenters. The summed E-state index contributed by atoms with van der Waals surface area (Å²) in [6, 6.07) is -0.263. The molecule has 0 bridgehead atoms. The molecule has 0 aliphatic heterocycles. The Morgan fingerprint density at radius 1 is 1.00 bits per heavy atom. The van der Waals surface area contributed by atoms with Crippen LogP contribution in [0.5, 0.6) is 0 Å². The van der Waals surface area contributed by atoms with Gasteiger partial charge in [-0.2, -0.15) is 0 Å². The predicted octanol–water partition coefficient (Wildman–Crippen LogP) is 6.32. The number of aromatic amines is 1. The average molecular weight is 514 g/mol. The Morgan fingerprint density at radius 2 is 1.78 bits per heavy atom. The van der Waals surface area contributed by atoms with E-state index in [-0.39, 0.29) is 6.04 Å². The van der Waals surface area contributed by atoms with Crippen molar-refractivity contribution in [3.63, 3.8) is 0 Å². The second kappa shape index (κ2) is 10.6. The Balaban J connectivity index is 1.29. The van der Waals surface area contributed by atoms with E-state index in [4.69, 9.17) is 0 Å². The topological polar surface area (TPSA) is 81.2 Å². The van der Waals surface area contributed by atoms with Crippen LogP contribution in [0.2, 0.25) is 0 Å². The molecule has 9 atom stereocenters. The smallest absolute Gasteiger partial charge is 0.184 e. The van der Waals surface area contributed by atoms with Gasteiger partial charge in [0.15, 0.2) is 5.79 Å². The summed E-state index contributed by atoms with van der Waals surface area (Å²) in [5, 5.41) is 27.4. The molecule has 5 rings (SSSR count). The van der Waals surface area contributed by atoms with E-state index in [0.29, 0.717) is 23.2 Å². The van der Waals surface area contributed by atoms with E-state index >= 15 is 0 Å². The molecule has 1 aromatic rings. The Labute approximate surface area is 226 Å². The zero-order valence-corrected chi connectivity index (χ0v) is 24.3. The molecule has 0 saturated heterocycles. The number of nitrogens with zero attached hydrogens (tertiary/aromatic N) is 1. The molecule has 4 N–H and O–H groups in total. The van der Waals surface area contributed by atoms with Crippen LogP contribution in [0.4, 0.5) is 0 Å². The maximum Gasteiger partial charge on any atom is 0.184 e. The average Bonchev–Trinajstić information content (AvgIpc) is 3.48. The lowest BCUT2D eigenvalue weighted by atomic mass is 9.42. The maximum atomic E-state index is 11.9. The van der Waals surface area contributed by atoms with Crippen LogP contribution in [-0.4, -0.2) is 38.6 Å². The number of aromatic nitrogens is 2. The molecule has 0 aromatic carbocycles. The van der Waals surface area contributed by atoms with Gasteiger partial charge >= 0.3 is 0 Å². The highest BCUT2D eigenvalue weighted by Crippen LogP contribution is 2.69. The third kappa shape index (κ3) is 4.73. The van der Waals surface area contributed by atoms with E-state index in [1.54, 1.807) is 6.33 Å². The number of rotatable bonds is 9. The molecule has 0 amide bonds. The molecular formula is C32H55N3O2. The first-order valence-electron chi connectivity index (χ1n) is 15.7. The molecule has 5 heteroatoms. The van der Waals surface area contributed by atoms with Gasteiger partial charge in [0.05, 0.1) is 12.4 Å². The summed E-state index contributed by atoms with van der Waals surface area (Å²) < 4.78 is 0. The molecule has 1 heterocycles. The number of aliphatic hydroxyl groups is 2. The van der Waals surface area contributed by atoms with Crippen molar-refractivity contribution in [2.45, 2.75) is 123 Å². The molecule has 210 valence electrons. The summed E-state index contributed by atoms with van der Waals surface area (Å²) in [4.78, 5) is 7.28. The van der Waals surface area contributed by atoms with Crippen LogP contribution in [0.25, 0.3) is 0 Å². The first-order valence-corrected chi connectivity index (χ1v) is 15.7. The second-order valence-corrected chi connectivity index (χ2v) is 14.6. The Kier molecular flexibility index (Phi) is 7.90. The van der Waals surface area contributed by atoms with Crippen LogP contribution < -0.4 is 5.32 Å². The third-order valence-electron chi connectivity index (χ3n) is 12.5. The van der Waals surface area contributed by atoms with Gasteiger partial charge in [-0.05, 0) is 98.2 Å². The fraction of sp³-hybridized carbons (Fsp3) is 0.906. The molecular weight excluding hydrogens is 458 g/mol. The zero-order valence-electron chi connectivity index (χ0n) is 24.3. The van der Waals surface area contributed by atoms with Crippen LogP contribution in [0.3, 0.4) is 0 Å². The van der Waals surface area contributed by atoms with E-state index in [9.17, 15) is 10.2 Å². The monoisotopic (exact) mass is 513 g/mol. The van der Waals surface area contributed by atoms with Crippen molar-refractivity contribution in [3.05, 3.63) is 18.2 Å². The highest BCUT2D eigenvalue weighted by molar-refractivity contribution is 5.15. The van der Waals surface area contributed by atoms with Crippen LogP contribution >= 0.6 is 0 Å². The number of hydrogen-bond donors (Lipinski definition) is 4. The van der Waals surface area contributed by atoms with Crippen molar-refractivity contribution in [2.75, 3.05) is 6.54 Å². The van der Waals surface area contributed by atoms with Gasteiger partial charge in [0.1, 0.15) is 0 Å². The van der Waals surface area contributed by atoms with Crippen LogP contribution in [0, 0.1) is 52.3 Å². The van der Waals surface area contributed by atoms with E-state index in [2.05, 4.69) is 49.9 Å². The Bertz CT molecular complexity index is 885. The summed E-state index contributed by atoms with van der Waals surface area (Å²) in [6.07, 6.45) is 18.1. The van der Waals surface area contributed by atoms with E-state index < -0.39 is 11.2 Å². The second-order valence-electron chi connectivity index (χ2n) is 14.6. The molecule has 0 spiro atoms. The van der Waals surface area contributed by atoms with Crippen molar-refractivity contribution < 1.29 is 10.2 Å². The fourth-order valence-corrected chi connectivity index (χ4v) is 10.5. The third-order valence-corrected chi connectivity index (χ3v) is 12.5. The Morgan fingerprint density at radius 3 is 2.51 bits per heavy atom. The van der Waals surface area contributed by atoms with Crippen molar-refractivity contribution in [2.24, 2.45) is 52.3 Å². The van der Waals surface area contributed by atoms with Crippen LogP contribution in [-0.2, 0) is 6.42 Å². The van der Waals surface area contributed by atoms with E-state index in [1.165, 1.54) is 57.8 Å². The number of H-pyrrole nitrogens is 1. The largest absolute Gasteiger partial charge is 0.364 e. The van der Waals surface area contributed by atoms with E-state index in [0.717, 1.165) is 55.2 Å². The first-order chi connectivity index (χ1) is 17.6. The number of fused-ring (bicyclic) bond motifs is 5. The fourth-order valence-electron chi connectivity index (χ4n) is 10.5. The molecule has 5 nitrogen and oxygen atoms in total. The van der Waals surface area contributed by atoms with Crippen molar-refractivity contribution >= 4 is 0 Å². The normalized spacial score (nSPS) is 41.7. The summed E-state index contributed by atoms with van der Waals surface area (Å²) in [6.45, 7) is 12.9. The molecule has 4 fully saturated rings. The van der Waals surface area contributed by atoms with Crippen LogP contribution in [0.15, 0.2) is 12.5 Å². The van der Waals surface area contributed by atoms with Gasteiger partial charge < -0.3 is 20.5 Å². The van der Waals surface area contributed by atoms with E-state index in [1.807, 2.05) is 6.20 Å². The summed E-state index contributed by atoms with van der Waals surface area (Å²) in [5.41, 5.74) is 1.10. The first kappa shape index (κ1) is 27.6. The molecule has 4 saturated carbocycles. The summed E-state index contributed by atoms with van der Waals surface area (Å²) in [7, 11) is 0. The molecule has 4 aliphatic carbocycles. The van der Waals surface area contributed by atoms with Gasteiger partial charge in [-0.15, -0.1) is 0 Å². The van der Waals surface area contributed by atoms with Gasteiger partial charge in [-0.3, -0.25) is 0 Å². The van der Waals surface area contributed by atoms with Gasteiger partial charge in [0, 0.05) is 30.3 Å². The molecule has 37 heavy (non-hydrogen) atoms. The standard InChI is InChI=1S/C32H55N3O2/c1-21(2)7-6-8-22(3)26-12-13-27-25-11-9-23-10-14-29(34-18-16-24-19-33-20-35-24)32(36,37)31(23,5)28(25)15-17-30(26,27)4/h19-23,25-29,34,36-37H,6-18H2,1-5H3,(H,33,35)/t22-,23+,25+,26-,27+,28+,29?,30-,31+/m1/s1. The minimum absolute atomic E-state index is 0.263. The van der Waals surface area contributed by atoms with Gasteiger partial charge in [-0.25, -0.2) is 4.98 Å². The molecule has 1 aromatic heterocycles. The molecule has 4 aliphatic rings. The number of nitrogens with one attached hydrogen (secondary N) is 2. The van der Waals surface area contributed by atoms with Crippen molar-refractivity contribution in [3.8, 4) is 0 Å². The Hall–Kier alpha value is -0.910. The zero-order chi connectivity index (χ0) is 26.4.